The molecule has 0 aromatic rings. The van der Waals surface area contributed by atoms with E-state index in [2.05, 4.69) is 10.6 Å². The number of carbonyl (C=O) groups excluding carboxylic acids is 1. The van der Waals surface area contributed by atoms with Crippen LogP contribution in [0.25, 0.3) is 0 Å². The molecule has 2 N–H and O–H groups in total. The van der Waals surface area contributed by atoms with Crippen molar-refractivity contribution in [3.63, 3.8) is 0 Å². The van der Waals surface area contributed by atoms with Crippen molar-refractivity contribution >= 4 is 5.91 Å². The largest absolute Gasteiger partial charge is 0.317 e. The fourth-order valence-electron chi connectivity index (χ4n) is 0.883. The van der Waals surface area contributed by atoms with Crippen LogP contribution in [0.3, 0.4) is 0 Å². The first kappa shape index (κ1) is 7.50. The Morgan fingerprint density at radius 1 is 1.30 bits per heavy atom. The first-order valence-corrected chi connectivity index (χ1v) is 3.47. The van der Waals surface area contributed by atoms with E-state index in [-0.39, 0.29) is 5.91 Å². The van der Waals surface area contributed by atoms with E-state index >= 15 is 0 Å². The molecule has 1 aliphatic heterocycles. The Balaban J connectivity index is 2.35. The van der Waals surface area contributed by atoms with Crippen LogP contribution in [0.4, 0.5) is 0 Å². The smallest absolute Gasteiger partial charge is 0.221 e. The molecule has 0 aromatic heterocycles. The molecule has 1 rings (SSSR count). The van der Waals surface area contributed by atoms with E-state index in [0.717, 1.165) is 13.1 Å². The molecule has 0 atom stereocenters. The normalized spacial score (nSPS) is 20.3. The molecule has 0 saturated carbocycles. The highest BCUT2D eigenvalue weighted by atomic mass is 16.2. The zero-order valence-electron chi connectivity index (χ0n) is 6.18. The van der Waals surface area contributed by atoms with Gasteiger partial charge in [0.2, 0.25) is 5.91 Å². The summed E-state index contributed by atoms with van der Waals surface area (Å²) in [6.45, 7) is 4.78. The Labute approximate surface area is 60.6 Å². The third-order valence-electron chi connectivity index (χ3n) is 1.53. The molecule has 58 valence electrons. The maximum atomic E-state index is 10.8. The molecule has 0 aromatic carbocycles. The molecule has 1 saturated heterocycles. The maximum Gasteiger partial charge on any atom is 0.221 e. The van der Waals surface area contributed by atoms with Crippen LogP contribution in [0.15, 0.2) is 0 Å². The van der Waals surface area contributed by atoms with E-state index in [1.807, 2.05) is 0 Å². The molecule has 1 heterocycles. The van der Waals surface area contributed by atoms with Crippen molar-refractivity contribution in [1.82, 2.24) is 15.5 Å². The van der Waals surface area contributed by atoms with E-state index in [4.69, 9.17) is 0 Å². The van der Waals surface area contributed by atoms with Crippen LogP contribution in [-0.4, -0.2) is 37.2 Å². The molecule has 1 amide bonds. The minimum Gasteiger partial charge on any atom is -0.317 e. The van der Waals surface area contributed by atoms with Gasteiger partial charge < -0.3 is 4.90 Å². The number of hydrogen-bond donors (Lipinski definition) is 2. The number of rotatable bonds is 0. The van der Waals surface area contributed by atoms with E-state index in [1.54, 1.807) is 11.8 Å². The third kappa shape index (κ3) is 1.97. The molecule has 1 fully saturated rings. The standard InChI is InChI=1S/C6H13N3O/c1-6(10)9-4-7-2-3-8-5-9/h7-8H,2-5H2,1H3. The lowest BCUT2D eigenvalue weighted by Crippen LogP contribution is -2.38. The number of amides is 1. The van der Waals surface area contributed by atoms with Crippen molar-refractivity contribution in [2.45, 2.75) is 6.92 Å². The van der Waals surface area contributed by atoms with E-state index in [1.165, 1.54) is 0 Å². The highest BCUT2D eigenvalue weighted by molar-refractivity contribution is 5.73. The van der Waals surface area contributed by atoms with Crippen LogP contribution in [0.1, 0.15) is 6.92 Å². The van der Waals surface area contributed by atoms with Crippen LogP contribution in [0, 0.1) is 0 Å². The summed E-state index contributed by atoms with van der Waals surface area (Å²) < 4.78 is 0. The summed E-state index contributed by atoms with van der Waals surface area (Å²) in [5.41, 5.74) is 0. The Kier molecular flexibility index (Phi) is 2.65. The number of hydrogen-bond acceptors (Lipinski definition) is 3. The lowest BCUT2D eigenvalue weighted by molar-refractivity contribution is -0.129. The molecular weight excluding hydrogens is 130 g/mol. The molecule has 0 radical (unpaired) electrons. The number of nitrogens with zero attached hydrogens (tertiary/aromatic N) is 1. The van der Waals surface area contributed by atoms with Crippen LogP contribution in [0.5, 0.6) is 0 Å². The summed E-state index contributed by atoms with van der Waals surface area (Å²) in [7, 11) is 0. The minimum atomic E-state index is 0.113. The Bertz CT molecular complexity index is 118. The molecule has 4 nitrogen and oxygen atoms in total. The van der Waals surface area contributed by atoms with Gasteiger partial charge in [0.1, 0.15) is 0 Å². The third-order valence-corrected chi connectivity index (χ3v) is 1.53. The number of nitrogens with one attached hydrogen (secondary N) is 2. The van der Waals surface area contributed by atoms with Gasteiger partial charge in [-0.05, 0) is 0 Å². The summed E-state index contributed by atoms with van der Waals surface area (Å²) in [6.07, 6.45) is 0. The second kappa shape index (κ2) is 3.53. The average Bonchev–Trinajstić information content (AvgIpc) is 2.12. The Morgan fingerprint density at radius 3 is 2.20 bits per heavy atom. The molecule has 0 bridgehead atoms. The van der Waals surface area contributed by atoms with Gasteiger partial charge in [-0.15, -0.1) is 0 Å². The first-order chi connectivity index (χ1) is 4.80. The summed E-state index contributed by atoms with van der Waals surface area (Å²) in [5, 5.41) is 6.24. The SMILES string of the molecule is CC(=O)N1CNCCNC1. The minimum absolute atomic E-state index is 0.113. The molecular formula is C6H13N3O. The van der Waals surface area contributed by atoms with Gasteiger partial charge in [-0.2, -0.15) is 0 Å². The Morgan fingerprint density at radius 2 is 1.80 bits per heavy atom. The Hall–Kier alpha value is -0.610. The van der Waals surface area contributed by atoms with Gasteiger partial charge in [-0.3, -0.25) is 15.4 Å². The molecule has 0 unspecified atom stereocenters. The van der Waals surface area contributed by atoms with Gasteiger partial charge in [0.15, 0.2) is 0 Å². The molecule has 0 spiro atoms. The van der Waals surface area contributed by atoms with Crippen molar-refractivity contribution in [3.8, 4) is 0 Å². The second-order valence-electron chi connectivity index (χ2n) is 2.38. The molecule has 10 heavy (non-hydrogen) atoms. The highest BCUT2D eigenvalue weighted by Crippen LogP contribution is 1.86. The number of carbonyl (C=O) groups is 1. The van der Waals surface area contributed by atoms with E-state index in [0.29, 0.717) is 13.3 Å². The second-order valence-corrected chi connectivity index (χ2v) is 2.38. The summed E-state index contributed by atoms with van der Waals surface area (Å²) in [6, 6.07) is 0. The van der Waals surface area contributed by atoms with Crippen molar-refractivity contribution in [3.05, 3.63) is 0 Å². The zero-order chi connectivity index (χ0) is 7.40. The van der Waals surface area contributed by atoms with E-state index in [9.17, 15) is 4.79 Å². The highest BCUT2D eigenvalue weighted by Gasteiger charge is 2.08. The molecule has 1 aliphatic rings. The molecule has 0 aliphatic carbocycles. The topological polar surface area (TPSA) is 44.4 Å². The van der Waals surface area contributed by atoms with Gasteiger partial charge in [-0.1, -0.05) is 0 Å². The van der Waals surface area contributed by atoms with Gasteiger partial charge in [0.25, 0.3) is 0 Å². The maximum absolute atomic E-state index is 10.8. The van der Waals surface area contributed by atoms with Crippen molar-refractivity contribution in [2.24, 2.45) is 0 Å². The fraction of sp³-hybridized carbons (Fsp3) is 0.833. The van der Waals surface area contributed by atoms with Gasteiger partial charge in [0.05, 0.1) is 13.3 Å². The van der Waals surface area contributed by atoms with Crippen molar-refractivity contribution in [1.29, 1.82) is 0 Å². The predicted octanol–water partition coefficient (Wildman–Crippen LogP) is -1.06. The average molecular weight is 143 g/mol. The fourth-order valence-corrected chi connectivity index (χ4v) is 0.883. The first-order valence-electron chi connectivity index (χ1n) is 3.47. The summed E-state index contributed by atoms with van der Waals surface area (Å²) >= 11 is 0. The summed E-state index contributed by atoms with van der Waals surface area (Å²) in [4.78, 5) is 12.5. The molecule has 4 heteroatoms. The monoisotopic (exact) mass is 143 g/mol. The summed E-state index contributed by atoms with van der Waals surface area (Å²) in [5.74, 6) is 0.113. The lowest BCUT2D eigenvalue weighted by atomic mass is 10.6. The van der Waals surface area contributed by atoms with Gasteiger partial charge >= 0.3 is 0 Å². The van der Waals surface area contributed by atoms with Crippen LogP contribution in [0.2, 0.25) is 0 Å². The lowest BCUT2D eigenvalue weighted by Gasteiger charge is -2.17. The van der Waals surface area contributed by atoms with Gasteiger partial charge in [-0.25, -0.2) is 0 Å². The predicted molar refractivity (Wildman–Crippen MR) is 38.3 cm³/mol. The van der Waals surface area contributed by atoms with Crippen LogP contribution >= 0.6 is 0 Å². The van der Waals surface area contributed by atoms with Crippen LogP contribution in [-0.2, 0) is 4.79 Å². The quantitative estimate of drug-likeness (QED) is 0.454. The zero-order valence-corrected chi connectivity index (χ0v) is 6.18. The van der Waals surface area contributed by atoms with Gasteiger partial charge in [0, 0.05) is 20.0 Å². The van der Waals surface area contributed by atoms with E-state index < -0.39 is 0 Å². The van der Waals surface area contributed by atoms with Crippen LogP contribution < -0.4 is 10.6 Å². The van der Waals surface area contributed by atoms with Crippen molar-refractivity contribution < 1.29 is 4.79 Å². The van der Waals surface area contributed by atoms with Crippen molar-refractivity contribution in [2.75, 3.05) is 26.4 Å².